The van der Waals surface area contributed by atoms with Crippen molar-refractivity contribution in [3.05, 3.63) is 29.8 Å². The number of methoxy groups -OCH3 is 1. The third kappa shape index (κ3) is 3.22. The van der Waals surface area contributed by atoms with Crippen LogP contribution in [0, 0.1) is 5.92 Å². The first-order valence-corrected chi connectivity index (χ1v) is 9.00. The summed E-state index contributed by atoms with van der Waals surface area (Å²) in [7, 11) is 1.72. The van der Waals surface area contributed by atoms with Crippen LogP contribution < -0.4 is 10.5 Å². The lowest BCUT2D eigenvalue weighted by Crippen LogP contribution is -2.45. The number of para-hydroxylation sites is 1. The summed E-state index contributed by atoms with van der Waals surface area (Å²) in [5.41, 5.74) is 7.82. The third-order valence-electron chi connectivity index (χ3n) is 4.94. The van der Waals surface area contributed by atoms with E-state index in [1.54, 1.807) is 7.11 Å². The second kappa shape index (κ2) is 6.59. The molecule has 2 unspecified atom stereocenters. The Morgan fingerprint density at radius 1 is 1.33 bits per heavy atom. The molecule has 2 fully saturated rings. The maximum atomic E-state index is 6.60. The largest absolute Gasteiger partial charge is 0.496 e. The summed E-state index contributed by atoms with van der Waals surface area (Å²) in [6.07, 6.45) is 4.49. The van der Waals surface area contributed by atoms with Gasteiger partial charge in [-0.15, -0.1) is 0 Å². The first-order chi connectivity index (χ1) is 10.2. The number of hydrogen-bond acceptors (Lipinski definition) is 4. The molecule has 2 atom stereocenters. The quantitative estimate of drug-likeness (QED) is 0.929. The Morgan fingerprint density at radius 3 is 2.86 bits per heavy atom. The van der Waals surface area contributed by atoms with Crippen LogP contribution in [0.2, 0.25) is 0 Å². The summed E-state index contributed by atoms with van der Waals surface area (Å²) in [6.45, 7) is 0.845. The van der Waals surface area contributed by atoms with Crippen molar-refractivity contribution in [1.82, 2.24) is 0 Å². The maximum absolute atomic E-state index is 6.60. The van der Waals surface area contributed by atoms with Crippen LogP contribution in [0.4, 0.5) is 0 Å². The van der Waals surface area contributed by atoms with Crippen LogP contribution in [0.15, 0.2) is 24.3 Å². The Kier molecular flexibility index (Phi) is 4.77. The second-order valence-electron chi connectivity index (χ2n) is 6.16. The molecule has 0 bridgehead atoms. The van der Waals surface area contributed by atoms with Crippen LogP contribution in [-0.2, 0) is 4.74 Å². The molecule has 0 saturated carbocycles. The van der Waals surface area contributed by atoms with Crippen LogP contribution in [0.1, 0.15) is 37.3 Å². The predicted octanol–water partition coefficient (Wildman–Crippen LogP) is 3.39. The molecule has 0 aromatic heterocycles. The van der Waals surface area contributed by atoms with Crippen LogP contribution in [0.25, 0.3) is 0 Å². The van der Waals surface area contributed by atoms with Gasteiger partial charge in [-0.05, 0) is 49.2 Å². The molecule has 2 aliphatic heterocycles. The summed E-state index contributed by atoms with van der Waals surface area (Å²) >= 11 is 2.04. The highest BCUT2D eigenvalue weighted by Crippen LogP contribution is 2.43. The van der Waals surface area contributed by atoms with Crippen LogP contribution in [0.3, 0.4) is 0 Å². The minimum absolute atomic E-state index is 0.0384. The summed E-state index contributed by atoms with van der Waals surface area (Å²) in [5.74, 6) is 3.83. The van der Waals surface area contributed by atoms with Gasteiger partial charge in [0.2, 0.25) is 0 Å². The number of thioether (sulfide) groups is 1. The van der Waals surface area contributed by atoms with Gasteiger partial charge in [-0.3, -0.25) is 0 Å². The highest BCUT2D eigenvalue weighted by Gasteiger charge is 2.40. The molecule has 1 aromatic carbocycles. The molecule has 0 aliphatic carbocycles. The van der Waals surface area contributed by atoms with Gasteiger partial charge >= 0.3 is 0 Å². The van der Waals surface area contributed by atoms with Crippen molar-refractivity contribution in [2.45, 2.75) is 37.3 Å². The van der Waals surface area contributed by atoms with E-state index in [-0.39, 0.29) is 11.6 Å². The van der Waals surface area contributed by atoms with E-state index in [0.717, 1.165) is 30.8 Å². The number of benzene rings is 1. The lowest BCUT2D eigenvalue weighted by molar-refractivity contribution is -0.105. The van der Waals surface area contributed by atoms with Gasteiger partial charge in [0.05, 0.1) is 12.7 Å². The first-order valence-electron chi connectivity index (χ1n) is 7.84. The first kappa shape index (κ1) is 15.2. The summed E-state index contributed by atoms with van der Waals surface area (Å²) < 4.78 is 11.7. The van der Waals surface area contributed by atoms with Gasteiger partial charge in [0.15, 0.2) is 0 Å². The molecule has 3 rings (SSSR count). The highest BCUT2D eigenvalue weighted by atomic mass is 32.2. The lowest BCUT2D eigenvalue weighted by Gasteiger charge is -2.45. The van der Waals surface area contributed by atoms with Crippen molar-refractivity contribution in [2.75, 3.05) is 25.2 Å². The fraction of sp³-hybridized carbons (Fsp3) is 0.647. The van der Waals surface area contributed by atoms with Crippen molar-refractivity contribution < 1.29 is 9.47 Å². The molecular weight excluding hydrogens is 282 g/mol. The Morgan fingerprint density at radius 2 is 2.10 bits per heavy atom. The number of rotatable bonds is 3. The smallest absolute Gasteiger partial charge is 0.123 e. The average molecular weight is 307 g/mol. The summed E-state index contributed by atoms with van der Waals surface area (Å²) in [6, 6.07) is 8.18. The van der Waals surface area contributed by atoms with E-state index in [2.05, 4.69) is 6.07 Å². The Balaban J connectivity index is 1.76. The molecule has 1 aromatic rings. The summed E-state index contributed by atoms with van der Waals surface area (Å²) in [4.78, 5) is 0. The van der Waals surface area contributed by atoms with E-state index in [1.807, 2.05) is 30.0 Å². The predicted molar refractivity (Wildman–Crippen MR) is 87.9 cm³/mol. The average Bonchev–Trinajstić information content (AvgIpc) is 2.55. The van der Waals surface area contributed by atoms with E-state index < -0.39 is 0 Å². The van der Waals surface area contributed by atoms with E-state index >= 15 is 0 Å². The monoisotopic (exact) mass is 307 g/mol. The number of hydrogen-bond donors (Lipinski definition) is 1. The van der Waals surface area contributed by atoms with E-state index in [1.165, 1.54) is 24.3 Å². The molecule has 4 heteroatoms. The Labute approximate surface area is 131 Å². The van der Waals surface area contributed by atoms with Crippen LogP contribution >= 0.6 is 11.8 Å². The second-order valence-corrected chi connectivity index (χ2v) is 7.39. The molecule has 2 aliphatic rings. The zero-order chi connectivity index (χ0) is 14.7. The Hall–Kier alpha value is -0.710. The summed E-state index contributed by atoms with van der Waals surface area (Å²) in [5, 5.41) is 0. The van der Waals surface area contributed by atoms with Crippen LogP contribution in [-0.4, -0.2) is 30.8 Å². The standard InChI is InChI=1S/C17H25NO2S/c1-19-15-5-3-2-4-14(15)16(18)13-6-9-20-17(12-13)7-10-21-11-8-17/h2-5,13,16H,6-12,18H2,1H3. The molecule has 2 saturated heterocycles. The number of ether oxygens (including phenoxy) is 2. The molecule has 21 heavy (non-hydrogen) atoms. The van der Waals surface area contributed by atoms with Gasteiger partial charge < -0.3 is 15.2 Å². The van der Waals surface area contributed by atoms with Gasteiger partial charge in [0.25, 0.3) is 0 Å². The molecule has 2 N–H and O–H groups in total. The van der Waals surface area contributed by atoms with E-state index in [4.69, 9.17) is 15.2 Å². The van der Waals surface area contributed by atoms with E-state index in [0.29, 0.717) is 5.92 Å². The van der Waals surface area contributed by atoms with Gasteiger partial charge in [0.1, 0.15) is 5.75 Å². The topological polar surface area (TPSA) is 44.5 Å². The SMILES string of the molecule is COc1ccccc1C(N)C1CCOC2(CCSCC2)C1. The minimum atomic E-state index is 0.0384. The van der Waals surface area contributed by atoms with Crippen molar-refractivity contribution in [3.8, 4) is 5.75 Å². The molecule has 3 nitrogen and oxygen atoms in total. The van der Waals surface area contributed by atoms with Gasteiger partial charge in [-0.1, -0.05) is 18.2 Å². The normalized spacial score (nSPS) is 26.5. The Bertz CT molecular complexity index is 468. The molecule has 116 valence electrons. The maximum Gasteiger partial charge on any atom is 0.123 e. The van der Waals surface area contributed by atoms with Crippen molar-refractivity contribution in [3.63, 3.8) is 0 Å². The minimum Gasteiger partial charge on any atom is -0.496 e. The van der Waals surface area contributed by atoms with Gasteiger partial charge in [-0.2, -0.15) is 11.8 Å². The highest BCUT2D eigenvalue weighted by molar-refractivity contribution is 7.99. The fourth-order valence-electron chi connectivity index (χ4n) is 3.66. The van der Waals surface area contributed by atoms with Crippen molar-refractivity contribution >= 4 is 11.8 Å². The van der Waals surface area contributed by atoms with Crippen LogP contribution in [0.5, 0.6) is 5.75 Å². The zero-order valence-corrected chi connectivity index (χ0v) is 13.5. The van der Waals surface area contributed by atoms with Gasteiger partial charge in [-0.25, -0.2) is 0 Å². The molecular formula is C17H25NO2S. The zero-order valence-electron chi connectivity index (χ0n) is 12.7. The molecule has 0 amide bonds. The van der Waals surface area contributed by atoms with E-state index in [9.17, 15) is 0 Å². The fourth-order valence-corrected chi connectivity index (χ4v) is 4.90. The third-order valence-corrected chi connectivity index (χ3v) is 5.93. The molecule has 2 heterocycles. The molecule has 1 spiro atoms. The lowest BCUT2D eigenvalue weighted by atomic mass is 9.77. The molecule has 0 radical (unpaired) electrons. The number of nitrogens with two attached hydrogens (primary N) is 1. The van der Waals surface area contributed by atoms with Gasteiger partial charge in [0, 0.05) is 18.2 Å². The van der Waals surface area contributed by atoms with Crippen molar-refractivity contribution in [1.29, 1.82) is 0 Å². The van der Waals surface area contributed by atoms with Crippen molar-refractivity contribution in [2.24, 2.45) is 11.7 Å².